The molecule has 0 radical (unpaired) electrons. The fourth-order valence-corrected chi connectivity index (χ4v) is 2.94. The Morgan fingerprint density at radius 2 is 1.75 bits per heavy atom. The smallest absolute Gasteiger partial charge is 0.230 e. The van der Waals surface area contributed by atoms with Gasteiger partial charge in [-0.15, -0.1) is 0 Å². The monoisotopic (exact) mass is 293 g/mol. The predicted octanol–water partition coefficient (Wildman–Crippen LogP) is 1.73. The zero-order valence-electron chi connectivity index (χ0n) is 11.5. The molecule has 0 unspecified atom stereocenters. The first kappa shape index (κ1) is 13.7. The first-order valence-electron chi connectivity index (χ1n) is 7.15. The molecule has 2 fully saturated rings. The molecule has 20 heavy (non-hydrogen) atoms. The van der Waals surface area contributed by atoms with Gasteiger partial charge < -0.3 is 15.5 Å². The highest BCUT2D eigenvalue weighted by molar-refractivity contribution is 6.30. The summed E-state index contributed by atoms with van der Waals surface area (Å²) in [4.78, 5) is 16.7. The second-order valence-electron chi connectivity index (χ2n) is 5.74. The summed E-state index contributed by atoms with van der Waals surface area (Å²) in [7, 11) is 0. The van der Waals surface area contributed by atoms with E-state index in [1.165, 1.54) is 5.69 Å². The Balaban J connectivity index is 1.59. The molecule has 0 atom stereocenters. The van der Waals surface area contributed by atoms with Gasteiger partial charge >= 0.3 is 0 Å². The molecular formula is C15H20ClN3O. The number of rotatable bonds is 3. The van der Waals surface area contributed by atoms with Gasteiger partial charge in [0.15, 0.2) is 0 Å². The van der Waals surface area contributed by atoms with Gasteiger partial charge in [0.05, 0.1) is 5.41 Å². The first-order valence-corrected chi connectivity index (χ1v) is 7.52. The number of hydrogen-bond donors (Lipinski definition) is 1. The molecule has 0 bridgehead atoms. The molecule has 1 aromatic carbocycles. The predicted molar refractivity (Wildman–Crippen MR) is 81.0 cm³/mol. The van der Waals surface area contributed by atoms with Crippen molar-refractivity contribution in [3.8, 4) is 0 Å². The summed E-state index contributed by atoms with van der Waals surface area (Å²) >= 11 is 5.91. The molecular weight excluding hydrogens is 274 g/mol. The molecule has 0 aromatic heterocycles. The van der Waals surface area contributed by atoms with Gasteiger partial charge in [-0.2, -0.15) is 0 Å². The van der Waals surface area contributed by atoms with E-state index in [0.717, 1.165) is 44.0 Å². The topological polar surface area (TPSA) is 49.6 Å². The molecule has 4 nitrogen and oxygen atoms in total. The standard InChI is InChI=1S/C15H20ClN3O/c16-12-1-3-13(4-2-12)18-7-9-19(10-8-18)14(20)15(11-17)5-6-15/h1-4H,5-11,17H2. The summed E-state index contributed by atoms with van der Waals surface area (Å²) in [5, 5.41) is 0.751. The molecule has 1 aromatic rings. The molecule has 1 heterocycles. The lowest BCUT2D eigenvalue weighted by Gasteiger charge is -2.37. The number of amides is 1. The Bertz CT molecular complexity index is 490. The van der Waals surface area contributed by atoms with Crippen LogP contribution in [0.3, 0.4) is 0 Å². The van der Waals surface area contributed by atoms with Crippen molar-refractivity contribution in [1.29, 1.82) is 0 Å². The summed E-state index contributed by atoms with van der Waals surface area (Å²) < 4.78 is 0. The van der Waals surface area contributed by atoms with Crippen LogP contribution in [0.1, 0.15) is 12.8 Å². The lowest BCUT2D eigenvalue weighted by molar-refractivity contribution is -0.136. The molecule has 1 aliphatic carbocycles. The molecule has 5 heteroatoms. The van der Waals surface area contributed by atoms with Crippen LogP contribution in [0.2, 0.25) is 5.02 Å². The number of nitrogens with two attached hydrogens (primary N) is 1. The SMILES string of the molecule is NCC1(C(=O)N2CCN(c3ccc(Cl)cc3)CC2)CC1. The Hall–Kier alpha value is -1.26. The normalized spacial score (nSPS) is 20.9. The maximum Gasteiger partial charge on any atom is 0.230 e. The Kier molecular flexibility index (Phi) is 3.61. The van der Waals surface area contributed by atoms with Crippen molar-refractivity contribution in [3.05, 3.63) is 29.3 Å². The van der Waals surface area contributed by atoms with E-state index in [4.69, 9.17) is 17.3 Å². The van der Waals surface area contributed by atoms with Crippen LogP contribution < -0.4 is 10.6 Å². The molecule has 1 saturated heterocycles. The number of halogens is 1. The molecule has 108 valence electrons. The molecule has 1 amide bonds. The fraction of sp³-hybridized carbons (Fsp3) is 0.533. The quantitative estimate of drug-likeness (QED) is 0.923. The van der Waals surface area contributed by atoms with E-state index in [2.05, 4.69) is 4.90 Å². The number of piperazine rings is 1. The minimum atomic E-state index is -0.220. The van der Waals surface area contributed by atoms with Gasteiger partial charge in [-0.3, -0.25) is 4.79 Å². The maximum absolute atomic E-state index is 12.4. The van der Waals surface area contributed by atoms with Gasteiger partial charge in [-0.25, -0.2) is 0 Å². The molecule has 1 saturated carbocycles. The van der Waals surface area contributed by atoms with E-state index in [9.17, 15) is 4.79 Å². The average Bonchev–Trinajstić information content (AvgIpc) is 3.29. The van der Waals surface area contributed by atoms with E-state index in [0.29, 0.717) is 6.54 Å². The molecule has 3 rings (SSSR count). The minimum absolute atomic E-state index is 0.220. The second kappa shape index (κ2) is 5.26. The van der Waals surface area contributed by atoms with Gasteiger partial charge in [0.1, 0.15) is 0 Å². The number of anilines is 1. The van der Waals surface area contributed by atoms with Crippen LogP contribution in [0, 0.1) is 5.41 Å². The van der Waals surface area contributed by atoms with Crippen LogP contribution >= 0.6 is 11.6 Å². The molecule has 2 aliphatic rings. The number of hydrogen-bond acceptors (Lipinski definition) is 3. The minimum Gasteiger partial charge on any atom is -0.368 e. The van der Waals surface area contributed by atoms with Crippen molar-refractivity contribution in [1.82, 2.24) is 4.90 Å². The van der Waals surface area contributed by atoms with E-state index in [1.807, 2.05) is 29.2 Å². The molecule has 2 N–H and O–H groups in total. The zero-order valence-corrected chi connectivity index (χ0v) is 12.3. The van der Waals surface area contributed by atoms with Gasteiger partial charge in [-0.1, -0.05) is 11.6 Å². The number of benzene rings is 1. The lowest BCUT2D eigenvalue weighted by atomic mass is 10.1. The third-order valence-electron chi connectivity index (χ3n) is 4.46. The number of nitrogens with zero attached hydrogens (tertiary/aromatic N) is 2. The summed E-state index contributed by atoms with van der Waals surface area (Å²) in [6.45, 7) is 3.79. The molecule has 1 aliphatic heterocycles. The maximum atomic E-state index is 12.4. The summed E-state index contributed by atoms with van der Waals surface area (Å²) in [5.74, 6) is 0.260. The molecule has 0 spiro atoms. The van der Waals surface area contributed by atoms with E-state index in [1.54, 1.807) is 0 Å². The highest BCUT2D eigenvalue weighted by Crippen LogP contribution is 2.46. The summed E-state index contributed by atoms with van der Waals surface area (Å²) in [5.41, 5.74) is 6.69. The zero-order chi connectivity index (χ0) is 14.2. The van der Waals surface area contributed by atoms with Gasteiger partial charge in [0.2, 0.25) is 5.91 Å². The summed E-state index contributed by atoms with van der Waals surface area (Å²) in [6, 6.07) is 7.87. The van der Waals surface area contributed by atoms with Gasteiger partial charge in [0.25, 0.3) is 0 Å². The van der Waals surface area contributed by atoms with Crippen molar-refractivity contribution in [2.24, 2.45) is 11.1 Å². The van der Waals surface area contributed by atoms with Crippen LogP contribution in [0.15, 0.2) is 24.3 Å². The van der Waals surface area contributed by atoms with E-state index >= 15 is 0 Å². The van der Waals surface area contributed by atoms with Gasteiger partial charge in [-0.05, 0) is 37.1 Å². The van der Waals surface area contributed by atoms with Crippen LogP contribution in [0.25, 0.3) is 0 Å². The van der Waals surface area contributed by atoms with Gasteiger partial charge in [0, 0.05) is 43.4 Å². The van der Waals surface area contributed by atoms with Crippen molar-refractivity contribution in [3.63, 3.8) is 0 Å². The Morgan fingerprint density at radius 3 is 2.25 bits per heavy atom. The Labute approximate surface area is 124 Å². The van der Waals surface area contributed by atoms with Crippen molar-refractivity contribution >= 4 is 23.2 Å². The Morgan fingerprint density at radius 1 is 1.15 bits per heavy atom. The lowest BCUT2D eigenvalue weighted by Crippen LogP contribution is -2.51. The van der Waals surface area contributed by atoms with Crippen LogP contribution in [0.4, 0.5) is 5.69 Å². The largest absolute Gasteiger partial charge is 0.368 e. The third-order valence-corrected chi connectivity index (χ3v) is 4.71. The van der Waals surface area contributed by atoms with Crippen molar-refractivity contribution in [2.45, 2.75) is 12.8 Å². The highest BCUT2D eigenvalue weighted by Gasteiger charge is 2.50. The number of carbonyl (C=O) groups excluding carboxylic acids is 1. The highest BCUT2D eigenvalue weighted by atomic mass is 35.5. The van der Waals surface area contributed by atoms with Crippen molar-refractivity contribution < 1.29 is 4.79 Å². The van der Waals surface area contributed by atoms with Crippen molar-refractivity contribution in [2.75, 3.05) is 37.6 Å². The summed E-state index contributed by atoms with van der Waals surface area (Å²) in [6.07, 6.45) is 1.92. The van der Waals surface area contributed by atoms with E-state index in [-0.39, 0.29) is 11.3 Å². The second-order valence-corrected chi connectivity index (χ2v) is 6.18. The fourth-order valence-electron chi connectivity index (χ4n) is 2.81. The van der Waals surface area contributed by atoms with Crippen LogP contribution in [-0.2, 0) is 4.79 Å². The first-order chi connectivity index (χ1) is 9.64. The van der Waals surface area contributed by atoms with Crippen LogP contribution in [0.5, 0.6) is 0 Å². The van der Waals surface area contributed by atoms with E-state index < -0.39 is 0 Å². The average molecular weight is 294 g/mol. The third kappa shape index (κ3) is 2.50. The van der Waals surface area contributed by atoms with Crippen LogP contribution in [-0.4, -0.2) is 43.5 Å². The number of carbonyl (C=O) groups is 1.